The summed E-state index contributed by atoms with van der Waals surface area (Å²) in [6.07, 6.45) is 0. The van der Waals surface area contributed by atoms with Gasteiger partial charge in [0.2, 0.25) is 0 Å². The van der Waals surface area contributed by atoms with Crippen LogP contribution in [0.1, 0.15) is 11.1 Å². The summed E-state index contributed by atoms with van der Waals surface area (Å²) in [7, 11) is 1.59. The number of benzene rings is 3. The zero-order chi connectivity index (χ0) is 22.8. The van der Waals surface area contributed by atoms with Crippen molar-refractivity contribution in [3.8, 4) is 11.8 Å². The van der Waals surface area contributed by atoms with Gasteiger partial charge >= 0.3 is 0 Å². The summed E-state index contributed by atoms with van der Waals surface area (Å²) in [4.78, 5) is 12.9. The molecule has 0 aliphatic heterocycles. The highest BCUT2D eigenvalue weighted by molar-refractivity contribution is 8.02. The van der Waals surface area contributed by atoms with E-state index in [1.165, 1.54) is 11.8 Å². The fourth-order valence-corrected chi connectivity index (χ4v) is 3.91. The third-order valence-corrected chi connectivity index (χ3v) is 5.81. The molecule has 2 N–H and O–H groups in total. The molecule has 0 unspecified atom stereocenters. The first-order chi connectivity index (χ1) is 15.6. The van der Waals surface area contributed by atoms with Crippen LogP contribution < -0.4 is 15.4 Å². The van der Waals surface area contributed by atoms with Crippen LogP contribution in [0.15, 0.2) is 89.5 Å². The van der Waals surface area contributed by atoms with Gasteiger partial charge in [0.1, 0.15) is 17.4 Å². The molecule has 5 nitrogen and oxygen atoms in total. The zero-order valence-corrected chi connectivity index (χ0v) is 19.0. The van der Waals surface area contributed by atoms with Gasteiger partial charge in [0, 0.05) is 29.1 Å². The Morgan fingerprint density at radius 1 is 1.03 bits per heavy atom. The van der Waals surface area contributed by atoms with Crippen LogP contribution in [-0.2, 0) is 17.1 Å². The lowest BCUT2D eigenvalue weighted by Crippen LogP contribution is -2.25. The number of rotatable bonds is 9. The molecular formula is C25H22ClN3O2S. The van der Waals surface area contributed by atoms with Gasteiger partial charge in [-0.15, -0.1) is 11.8 Å². The zero-order valence-electron chi connectivity index (χ0n) is 17.5. The molecule has 0 saturated heterocycles. The van der Waals surface area contributed by atoms with E-state index >= 15 is 0 Å². The number of hydrogen-bond donors (Lipinski definition) is 2. The molecule has 1 amide bonds. The lowest BCUT2D eigenvalue weighted by Gasteiger charge is -2.14. The second-order valence-corrected chi connectivity index (χ2v) is 8.18. The lowest BCUT2D eigenvalue weighted by atomic mass is 10.2. The van der Waals surface area contributed by atoms with Crippen molar-refractivity contribution < 1.29 is 9.53 Å². The molecule has 0 radical (unpaired) electrons. The number of methoxy groups -OCH3 is 1. The summed E-state index contributed by atoms with van der Waals surface area (Å²) in [6.45, 7) is 0.332. The van der Waals surface area contributed by atoms with E-state index in [0.29, 0.717) is 33.8 Å². The van der Waals surface area contributed by atoms with Crippen LogP contribution in [0.3, 0.4) is 0 Å². The Labute approximate surface area is 197 Å². The molecule has 0 aliphatic rings. The molecule has 3 rings (SSSR count). The summed E-state index contributed by atoms with van der Waals surface area (Å²) >= 11 is 7.35. The Balaban J connectivity index is 1.84. The fourth-order valence-electron chi connectivity index (χ4n) is 2.81. The molecule has 32 heavy (non-hydrogen) atoms. The van der Waals surface area contributed by atoms with Crippen molar-refractivity contribution in [2.75, 3.05) is 12.4 Å². The number of nitrogens with one attached hydrogen (secondary N) is 2. The Hall–Kier alpha value is -3.40. The highest BCUT2D eigenvalue weighted by atomic mass is 35.5. The predicted octanol–water partition coefficient (Wildman–Crippen LogP) is 5.75. The van der Waals surface area contributed by atoms with Crippen LogP contribution in [0.5, 0.6) is 5.75 Å². The second kappa shape index (κ2) is 11.8. The van der Waals surface area contributed by atoms with Crippen molar-refractivity contribution in [1.82, 2.24) is 5.32 Å². The van der Waals surface area contributed by atoms with E-state index in [1.807, 2.05) is 72.8 Å². The SMILES string of the molecule is COc1cccc(N/C(SCc2ccc(Cl)cc2)=C(/C#N)C(=O)NCc2ccccc2)c1. The molecule has 0 fully saturated rings. The van der Waals surface area contributed by atoms with Crippen molar-refractivity contribution in [3.63, 3.8) is 0 Å². The van der Waals surface area contributed by atoms with Gasteiger partial charge in [0.25, 0.3) is 5.91 Å². The van der Waals surface area contributed by atoms with E-state index in [4.69, 9.17) is 16.3 Å². The van der Waals surface area contributed by atoms with Crippen LogP contribution in [0.2, 0.25) is 5.02 Å². The van der Waals surface area contributed by atoms with Gasteiger partial charge in [-0.2, -0.15) is 5.26 Å². The minimum absolute atomic E-state index is 0.0164. The Morgan fingerprint density at radius 2 is 1.78 bits per heavy atom. The Kier molecular flexibility index (Phi) is 8.61. The van der Waals surface area contributed by atoms with Gasteiger partial charge in [0.05, 0.1) is 12.1 Å². The van der Waals surface area contributed by atoms with Crippen molar-refractivity contribution in [3.05, 3.63) is 106 Å². The number of hydrogen-bond acceptors (Lipinski definition) is 5. The minimum atomic E-state index is -0.439. The summed E-state index contributed by atoms with van der Waals surface area (Å²) in [5, 5.41) is 17.0. The van der Waals surface area contributed by atoms with E-state index in [9.17, 15) is 10.1 Å². The summed E-state index contributed by atoms with van der Waals surface area (Å²) in [5.74, 6) is 0.787. The maximum Gasteiger partial charge on any atom is 0.264 e. The van der Waals surface area contributed by atoms with E-state index in [-0.39, 0.29) is 5.57 Å². The number of amides is 1. The Morgan fingerprint density at radius 3 is 2.47 bits per heavy atom. The topological polar surface area (TPSA) is 74.1 Å². The third-order valence-electron chi connectivity index (χ3n) is 4.49. The molecular weight excluding hydrogens is 442 g/mol. The quantitative estimate of drug-likeness (QED) is 0.312. The smallest absolute Gasteiger partial charge is 0.264 e. The average Bonchev–Trinajstić information content (AvgIpc) is 2.83. The Bertz CT molecular complexity index is 1130. The van der Waals surface area contributed by atoms with Gasteiger partial charge in [-0.25, -0.2) is 0 Å². The van der Waals surface area contributed by atoms with E-state index in [0.717, 1.165) is 11.1 Å². The molecule has 0 bridgehead atoms. The van der Waals surface area contributed by atoms with Crippen LogP contribution in [0.25, 0.3) is 0 Å². The number of carbonyl (C=O) groups is 1. The van der Waals surface area contributed by atoms with E-state index in [2.05, 4.69) is 16.7 Å². The number of nitriles is 1. The number of thioether (sulfide) groups is 1. The van der Waals surface area contributed by atoms with Crippen molar-refractivity contribution in [2.24, 2.45) is 0 Å². The van der Waals surface area contributed by atoms with Gasteiger partial charge in [-0.1, -0.05) is 60.1 Å². The first kappa shape index (κ1) is 23.3. The van der Waals surface area contributed by atoms with E-state index < -0.39 is 5.91 Å². The molecule has 0 saturated carbocycles. The molecule has 0 aliphatic carbocycles. The number of anilines is 1. The third kappa shape index (κ3) is 6.81. The highest BCUT2D eigenvalue weighted by Gasteiger charge is 2.17. The first-order valence-corrected chi connectivity index (χ1v) is 11.2. The van der Waals surface area contributed by atoms with Crippen molar-refractivity contribution in [1.29, 1.82) is 5.26 Å². The van der Waals surface area contributed by atoms with Gasteiger partial charge in [0.15, 0.2) is 0 Å². The largest absolute Gasteiger partial charge is 0.497 e. The van der Waals surface area contributed by atoms with Crippen LogP contribution in [-0.4, -0.2) is 13.0 Å². The molecule has 0 spiro atoms. The van der Waals surface area contributed by atoms with Gasteiger partial charge < -0.3 is 15.4 Å². The van der Waals surface area contributed by atoms with Crippen molar-refractivity contribution in [2.45, 2.75) is 12.3 Å². The first-order valence-electron chi connectivity index (χ1n) is 9.84. The van der Waals surface area contributed by atoms with Crippen molar-refractivity contribution >= 4 is 35.0 Å². The van der Waals surface area contributed by atoms with Gasteiger partial charge in [-0.05, 0) is 35.4 Å². The average molecular weight is 464 g/mol. The minimum Gasteiger partial charge on any atom is -0.497 e. The standard InChI is InChI=1S/C25H22ClN3O2S/c1-31-22-9-5-8-21(14-22)29-25(32-17-19-10-12-20(26)13-11-19)23(15-27)24(30)28-16-18-6-3-2-4-7-18/h2-14,29H,16-17H2,1H3,(H,28,30)/b25-23+. The molecule has 162 valence electrons. The summed E-state index contributed by atoms with van der Waals surface area (Å²) < 4.78 is 5.28. The molecule has 0 aromatic heterocycles. The highest BCUT2D eigenvalue weighted by Crippen LogP contribution is 2.28. The van der Waals surface area contributed by atoms with E-state index in [1.54, 1.807) is 13.2 Å². The molecule has 7 heteroatoms. The number of carbonyl (C=O) groups excluding carboxylic acids is 1. The maximum atomic E-state index is 12.9. The van der Waals surface area contributed by atoms with Gasteiger partial charge in [-0.3, -0.25) is 4.79 Å². The number of ether oxygens (including phenoxy) is 1. The van der Waals surface area contributed by atoms with Crippen LogP contribution in [0.4, 0.5) is 5.69 Å². The number of halogens is 1. The lowest BCUT2D eigenvalue weighted by molar-refractivity contribution is -0.117. The molecule has 0 heterocycles. The predicted molar refractivity (Wildman–Crippen MR) is 130 cm³/mol. The van der Waals surface area contributed by atoms with Crippen LogP contribution >= 0.6 is 23.4 Å². The summed E-state index contributed by atoms with van der Waals surface area (Å²) in [5.41, 5.74) is 2.70. The molecule has 0 atom stereocenters. The second-order valence-electron chi connectivity index (χ2n) is 6.76. The molecule has 3 aromatic carbocycles. The maximum absolute atomic E-state index is 12.9. The normalized spacial score (nSPS) is 11.2. The number of nitrogens with zero attached hydrogens (tertiary/aromatic N) is 1. The van der Waals surface area contributed by atoms with Crippen LogP contribution in [0, 0.1) is 11.3 Å². The molecule has 3 aromatic rings. The fraction of sp³-hybridized carbons (Fsp3) is 0.120. The monoisotopic (exact) mass is 463 g/mol. The summed E-state index contributed by atoms with van der Waals surface area (Å²) in [6, 6.07) is 26.4.